The molecule has 0 saturated carbocycles. The molecule has 0 aromatic carbocycles. The van der Waals surface area contributed by atoms with Crippen LogP contribution in [0.25, 0.3) is 0 Å². The summed E-state index contributed by atoms with van der Waals surface area (Å²) < 4.78 is 33.0. The van der Waals surface area contributed by atoms with E-state index in [9.17, 15) is 13.2 Å². The molecule has 0 aromatic heterocycles. The molecular weight excluding hydrogens is 306 g/mol. The predicted molar refractivity (Wildman–Crippen MR) is 89.5 cm³/mol. The van der Waals surface area contributed by atoms with Gasteiger partial charge in [0.15, 0.2) is 0 Å². The molecule has 0 aliphatic rings. The van der Waals surface area contributed by atoms with Crippen LogP contribution in [-0.2, 0) is 19.6 Å². The van der Waals surface area contributed by atoms with Gasteiger partial charge in [0, 0.05) is 12.1 Å². The standard InChI is InChI=1S/C11H21NO2.C4H10O3S/c1-5-12(6-2)8-7-9-14-11(13)10(3)4;1-2-3-4-8(5,6)7/h3,5-9H2,1-2,4H3;2-4H2,1H3,(H,5,6,7). The number of unbranched alkanes of at least 4 members (excludes halogenated alkanes) is 1. The van der Waals surface area contributed by atoms with Gasteiger partial charge in [-0.1, -0.05) is 33.8 Å². The van der Waals surface area contributed by atoms with E-state index in [1.54, 1.807) is 6.92 Å². The lowest BCUT2D eigenvalue weighted by Gasteiger charge is -2.17. The van der Waals surface area contributed by atoms with Crippen molar-refractivity contribution >= 4 is 16.1 Å². The van der Waals surface area contributed by atoms with Gasteiger partial charge in [-0.05, 0) is 32.9 Å². The molecule has 0 heterocycles. The Morgan fingerprint density at radius 2 is 1.73 bits per heavy atom. The zero-order valence-corrected chi connectivity index (χ0v) is 15.1. The molecule has 0 unspecified atom stereocenters. The van der Waals surface area contributed by atoms with Crippen molar-refractivity contribution in [2.24, 2.45) is 0 Å². The highest BCUT2D eigenvalue weighted by atomic mass is 32.2. The lowest BCUT2D eigenvalue weighted by atomic mass is 10.3. The van der Waals surface area contributed by atoms with Crippen molar-refractivity contribution in [2.45, 2.75) is 47.0 Å². The Morgan fingerprint density at radius 3 is 2.05 bits per heavy atom. The van der Waals surface area contributed by atoms with Crippen LogP contribution in [0.4, 0.5) is 0 Å². The van der Waals surface area contributed by atoms with Gasteiger partial charge in [0.25, 0.3) is 10.1 Å². The second-order valence-electron chi connectivity index (χ2n) is 4.94. The summed E-state index contributed by atoms with van der Waals surface area (Å²) in [5.41, 5.74) is 0.466. The number of carbonyl (C=O) groups is 1. The van der Waals surface area contributed by atoms with Gasteiger partial charge in [-0.2, -0.15) is 8.42 Å². The van der Waals surface area contributed by atoms with E-state index >= 15 is 0 Å². The Balaban J connectivity index is 0. The minimum absolute atomic E-state index is 0.108. The van der Waals surface area contributed by atoms with E-state index in [0.29, 0.717) is 18.6 Å². The van der Waals surface area contributed by atoms with E-state index in [4.69, 9.17) is 9.29 Å². The molecule has 0 rings (SSSR count). The number of carbonyl (C=O) groups excluding carboxylic acids is 1. The van der Waals surface area contributed by atoms with Gasteiger partial charge in [-0.15, -0.1) is 0 Å². The van der Waals surface area contributed by atoms with E-state index in [2.05, 4.69) is 25.3 Å². The van der Waals surface area contributed by atoms with Crippen molar-refractivity contribution in [3.05, 3.63) is 12.2 Å². The van der Waals surface area contributed by atoms with Crippen LogP contribution in [0.2, 0.25) is 0 Å². The van der Waals surface area contributed by atoms with Crippen LogP contribution in [0.15, 0.2) is 12.2 Å². The zero-order chi connectivity index (χ0) is 17.6. The van der Waals surface area contributed by atoms with Gasteiger partial charge in [-0.3, -0.25) is 4.55 Å². The minimum atomic E-state index is -3.69. The molecule has 1 N–H and O–H groups in total. The Kier molecular flexibility index (Phi) is 14.6. The second kappa shape index (κ2) is 13.7. The van der Waals surface area contributed by atoms with E-state index in [1.807, 2.05) is 6.92 Å². The third-order valence-electron chi connectivity index (χ3n) is 2.85. The first-order chi connectivity index (χ1) is 10.2. The maximum Gasteiger partial charge on any atom is 0.333 e. The van der Waals surface area contributed by atoms with Gasteiger partial charge in [-0.25, -0.2) is 4.79 Å². The molecular formula is C15H31NO5S. The Hall–Kier alpha value is -0.920. The van der Waals surface area contributed by atoms with Gasteiger partial charge in [0.05, 0.1) is 12.4 Å². The summed E-state index contributed by atoms with van der Waals surface area (Å²) in [5.74, 6) is -0.395. The van der Waals surface area contributed by atoms with Crippen molar-refractivity contribution in [1.29, 1.82) is 0 Å². The molecule has 0 fully saturated rings. The highest BCUT2D eigenvalue weighted by Gasteiger charge is 2.03. The molecule has 132 valence electrons. The molecule has 0 atom stereocenters. The highest BCUT2D eigenvalue weighted by Crippen LogP contribution is 1.95. The first-order valence-corrected chi connectivity index (χ1v) is 9.28. The number of hydrogen-bond donors (Lipinski definition) is 1. The minimum Gasteiger partial charge on any atom is -0.462 e. The van der Waals surface area contributed by atoms with Crippen LogP contribution in [0, 0.1) is 0 Å². The molecule has 7 heteroatoms. The topological polar surface area (TPSA) is 83.9 Å². The molecule has 6 nitrogen and oxygen atoms in total. The third kappa shape index (κ3) is 17.1. The Labute approximate surface area is 135 Å². The van der Waals surface area contributed by atoms with Crippen molar-refractivity contribution < 1.29 is 22.5 Å². The summed E-state index contributed by atoms with van der Waals surface area (Å²) >= 11 is 0. The summed E-state index contributed by atoms with van der Waals surface area (Å²) in [6.07, 6.45) is 2.22. The van der Waals surface area contributed by atoms with E-state index in [1.165, 1.54) is 0 Å². The smallest absolute Gasteiger partial charge is 0.333 e. The normalized spacial score (nSPS) is 10.8. The molecule has 0 aliphatic carbocycles. The van der Waals surface area contributed by atoms with Crippen LogP contribution in [0.3, 0.4) is 0 Å². The second-order valence-corrected chi connectivity index (χ2v) is 6.51. The summed E-state index contributed by atoms with van der Waals surface area (Å²) in [5, 5.41) is 0. The number of rotatable bonds is 10. The first-order valence-electron chi connectivity index (χ1n) is 7.68. The van der Waals surface area contributed by atoms with Crippen molar-refractivity contribution in [3.63, 3.8) is 0 Å². The van der Waals surface area contributed by atoms with Crippen molar-refractivity contribution in [2.75, 3.05) is 32.0 Å². The van der Waals surface area contributed by atoms with Crippen molar-refractivity contribution in [1.82, 2.24) is 4.90 Å². The zero-order valence-electron chi connectivity index (χ0n) is 14.3. The van der Waals surface area contributed by atoms with Gasteiger partial charge >= 0.3 is 5.97 Å². The summed E-state index contributed by atoms with van der Waals surface area (Å²) in [6.45, 7) is 14.9. The van der Waals surface area contributed by atoms with Gasteiger partial charge in [0.2, 0.25) is 0 Å². The fourth-order valence-corrected chi connectivity index (χ4v) is 2.10. The lowest BCUT2D eigenvalue weighted by Crippen LogP contribution is -2.25. The fraction of sp³-hybridized carbons (Fsp3) is 0.800. The summed E-state index contributed by atoms with van der Waals surface area (Å²) in [4.78, 5) is 13.3. The molecule has 0 aromatic rings. The van der Waals surface area contributed by atoms with Gasteiger partial charge < -0.3 is 9.64 Å². The molecule has 0 bridgehead atoms. The molecule has 0 amide bonds. The lowest BCUT2D eigenvalue weighted by molar-refractivity contribution is -0.139. The molecule has 0 radical (unpaired) electrons. The molecule has 0 spiro atoms. The maximum atomic E-state index is 11.0. The Bertz CT molecular complexity index is 402. The van der Waals surface area contributed by atoms with Crippen molar-refractivity contribution in [3.8, 4) is 0 Å². The van der Waals surface area contributed by atoms with E-state index in [0.717, 1.165) is 32.5 Å². The number of esters is 1. The number of hydrogen-bond acceptors (Lipinski definition) is 5. The fourth-order valence-electron chi connectivity index (χ4n) is 1.44. The highest BCUT2D eigenvalue weighted by molar-refractivity contribution is 7.85. The summed E-state index contributed by atoms with van der Waals surface area (Å²) in [7, 11) is -3.69. The van der Waals surface area contributed by atoms with Crippen LogP contribution in [0.5, 0.6) is 0 Å². The Morgan fingerprint density at radius 1 is 1.18 bits per heavy atom. The monoisotopic (exact) mass is 337 g/mol. The number of ether oxygens (including phenoxy) is 1. The SMILES string of the molecule is C=C(C)C(=O)OCCCN(CC)CC.CCCCS(=O)(=O)O. The van der Waals surface area contributed by atoms with Crippen LogP contribution in [0.1, 0.15) is 47.0 Å². The van der Waals surface area contributed by atoms with E-state index < -0.39 is 10.1 Å². The average Bonchev–Trinajstić information content (AvgIpc) is 2.44. The maximum absolute atomic E-state index is 11.0. The first kappa shape index (κ1) is 23.3. The van der Waals surface area contributed by atoms with Crippen LogP contribution >= 0.6 is 0 Å². The largest absolute Gasteiger partial charge is 0.462 e. The van der Waals surface area contributed by atoms with Crippen LogP contribution < -0.4 is 0 Å². The number of nitrogens with zero attached hydrogens (tertiary/aromatic N) is 1. The van der Waals surface area contributed by atoms with Crippen LogP contribution in [-0.4, -0.2) is 55.8 Å². The summed E-state index contributed by atoms with van der Waals surface area (Å²) in [6, 6.07) is 0. The molecule has 0 saturated heterocycles. The molecule has 22 heavy (non-hydrogen) atoms. The average molecular weight is 337 g/mol. The predicted octanol–water partition coefficient (Wildman–Crippen LogP) is 2.51. The van der Waals surface area contributed by atoms with Gasteiger partial charge in [0.1, 0.15) is 0 Å². The third-order valence-corrected chi connectivity index (χ3v) is 3.66. The molecule has 0 aliphatic heterocycles. The quantitative estimate of drug-likeness (QED) is 0.285. The van der Waals surface area contributed by atoms with E-state index in [-0.39, 0.29) is 11.7 Å².